The van der Waals surface area contributed by atoms with Gasteiger partial charge in [0.05, 0.1) is 20.3 Å². The molecule has 1 saturated heterocycles. The quantitative estimate of drug-likeness (QED) is 0.534. The van der Waals surface area contributed by atoms with Crippen molar-refractivity contribution < 1.29 is 19.1 Å². The highest BCUT2D eigenvalue weighted by Crippen LogP contribution is 2.16. The van der Waals surface area contributed by atoms with Crippen LogP contribution in [0.2, 0.25) is 0 Å². The zero-order chi connectivity index (χ0) is 17.7. The van der Waals surface area contributed by atoms with Crippen LogP contribution >= 0.6 is 0 Å². The number of ether oxygens (including phenoxy) is 2. The van der Waals surface area contributed by atoms with Crippen LogP contribution in [-0.2, 0) is 19.1 Å². The minimum atomic E-state index is -0.287. The van der Waals surface area contributed by atoms with Crippen LogP contribution < -0.4 is 0 Å². The molecule has 5 nitrogen and oxygen atoms in total. The molecule has 0 spiro atoms. The van der Waals surface area contributed by atoms with E-state index in [4.69, 9.17) is 4.74 Å². The van der Waals surface area contributed by atoms with Gasteiger partial charge in [-0.25, -0.2) is 0 Å². The first-order chi connectivity index (χ1) is 11.1. The van der Waals surface area contributed by atoms with Crippen molar-refractivity contribution in [3.63, 3.8) is 0 Å². The molecule has 130 valence electrons. The molecule has 1 rings (SSSR count). The summed E-state index contributed by atoms with van der Waals surface area (Å²) in [6, 6.07) is 0. The zero-order valence-corrected chi connectivity index (χ0v) is 14.5. The molecule has 1 atom stereocenters. The second-order valence-electron chi connectivity index (χ2n) is 4.74. The molecule has 0 bridgehead atoms. The number of nitrogens with zero attached hydrogens (tertiary/aromatic N) is 1. The number of hydrogen-bond donors (Lipinski definition) is 0. The Hall–Kier alpha value is -1.88. The van der Waals surface area contributed by atoms with Crippen LogP contribution in [0.15, 0.2) is 37.0 Å². The van der Waals surface area contributed by atoms with Gasteiger partial charge in [0.25, 0.3) is 0 Å². The van der Waals surface area contributed by atoms with E-state index in [1.165, 1.54) is 7.11 Å². The summed E-state index contributed by atoms with van der Waals surface area (Å²) in [7, 11) is 1.35. The van der Waals surface area contributed by atoms with Crippen LogP contribution in [0.1, 0.15) is 33.1 Å². The Morgan fingerprint density at radius 3 is 2.57 bits per heavy atom. The van der Waals surface area contributed by atoms with E-state index in [2.05, 4.69) is 17.9 Å². The van der Waals surface area contributed by atoms with Crippen LogP contribution in [-0.4, -0.2) is 49.7 Å². The lowest BCUT2D eigenvalue weighted by Crippen LogP contribution is -2.46. The number of morpholine rings is 1. The fraction of sp³-hybridized carbons (Fsp3) is 0.556. The van der Waals surface area contributed by atoms with Gasteiger partial charge in [0, 0.05) is 19.4 Å². The average Bonchev–Trinajstić information content (AvgIpc) is 2.61. The second-order valence-corrected chi connectivity index (χ2v) is 4.74. The number of hydrogen-bond acceptors (Lipinski definition) is 4. The second kappa shape index (κ2) is 12.6. The average molecular weight is 323 g/mol. The van der Waals surface area contributed by atoms with Crippen molar-refractivity contribution in [2.45, 2.75) is 39.2 Å². The number of methoxy groups -OCH3 is 1. The topological polar surface area (TPSA) is 55.8 Å². The molecule has 0 saturated carbocycles. The Morgan fingerprint density at radius 1 is 1.30 bits per heavy atom. The number of rotatable bonds is 7. The summed E-state index contributed by atoms with van der Waals surface area (Å²) in [5.41, 5.74) is 0.914. The highest BCUT2D eigenvalue weighted by Gasteiger charge is 2.25. The van der Waals surface area contributed by atoms with Crippen molar-refractivity contribution in [1.29, 1.82) is 0 Å². The van der Waals surface area contributed by atoms with Crippen molar-refractivity contribution in [3.8, 4) is 0 Å². The van der Waals surface area contributed by atoms with Gasteiger partial charge in [-0.15, -0.1) is 0 Å². The molecule has 1 amide bonds. The summed E-state index contributed by atoms with van der Waals surface area (Å²) in [4.78, 5) is 24.9. The summed E-state index contributed by atoms with van der Waals surface area (Å²) >= 11 is 0. The van der Waals surface area contributed by atoms with Crippen LogP contribution in [0, 0.1) is 0 Å². The van der Waals surface area contributed by atoms with Gasteiger partial charge < -0.3 is 14.4 Å². The summed E-state index contributed by atoms with van der Waals surface area (Å²) < 4.78 is 10.2. The number of allylic oxidation sites excluding steroid dienone is 2. The summed E-state index contributed by atoms with van der Waals surface area (Å²) in [6.45, 7) is 13.0. The SMILES string of the molecule is C=C/C=C(\C=C)C1CN(C(=O)CCCC(=O)OC)CCO1.CC. The highest BCUT2D eigenvalue weighted by atomic mass is 16.5. The molecule has 1 fully saturated rings. The van der Waals surface area contributed by atoms with Crippen LogP contribution in [0.25, 0.3) is 0 Å². The first-order valence-electron chi connectivity index (χ1n) is 8.03. The predicted molar refractivity (Wildman–Crippen MR) is 92.0 cm³/mol. The van der Waals surface area contributed by atoms with E-state index in [0.29, 0.717) is 32.5 Å². The predicted octanol–water partition coefficient (Wildman–Crippen LogP) is 2.88. The molecule has 0 aromatic carbocycles. The van der Waals surface area contributed by atoms with E-state index < -0.39 is 0 Å². The fourth-order valence-corrected chi connectivity index (χ4v) is 2.16. The maximum atomic E-state index is 12.1. The molecule has 1 aliphatic heterocycles. The minimum Gasteiger partial charge on any atom is -0.469 e. The maximum Gasteiger partial charge on any atom is 0.305 e. The Bertz CT molecular complexity index is 429. The molecule has 0 aromatic rings. The molecule has 1 aliphatic rings. The Labute approximate surface area is 139 Å². The van der Waals surface area contributed by atoms with Gasteiger partial charge in [-0.3, -0.25) is 9.59 Å². The number of esters is 1. The first kappa shape index (κ1) is 21.1. The highest BCUT2D eigenvalue weighted by molar-refractivity contribution is 5.77. The molecule has 0 aromatic heterocycles. The van der Waals surface area contributed by atoms with Crippen molar-refractivity contribution in [2.75, 3.05) is 26.8 Å². The van der Waals surface area contributed by atoms with Crippen LogP contribution in [0.3, 0.4) is 0 Å². The van der Waals surface area contributed by atoms with E-state index >= 15 is 0 Å². The Morgan fingerprint density at radius 2 is 2.00 bits per heavy atom. The van der Waals surface area contributed by atoms with E-state index in [-0.39, 0.29) is 24.4 Å². The van der Waals surface area contributed by atoms with Gasteiger partial charge in [-0.2, -0.15) is 0 Å². The lowest BCUT2D eigenvalue weighted by molar-refractivity contribution is -0.141. The van der Waals surface area contributed by atoms with Crippen molar-refractivity contribution in [3.05, 3.63) is 37.0 Å². The molecule has 23 heavy (non-hydrogen) atoms. The molecule has 0 N–H and O–H groups in total. The van der Waals surface area contributed by atoms with Crippen LogP contribution in [0.5, 0.6) is 0 Å². The van der Waals surface area contributed by atoms with Gasteiger partial charge in [0.1, 0.15) is 6.10 Å². The van der Waals surface area contributed by atoms with Gasteiger partial charge in [-0.05, 0) is 12.0 Å². The normalized spacial score (nSPS) is 17.6. The number of carbonyl (C=O) groups excluding carboxylic acids is 2. The third-order valence-corrected chi connectivity index (χ3v) is 3.34. The number of amides is 1. The molecule has 0 aliphatic carbocycles. The van der Waals surface area contributed by atoms with E-state index in [0.717, 1.165) is 5.57 Å². The summed E-state index contributed by atoms with van der Waals surface area (Å²) in [5.74, 6) is -0.250. The lowest BCUT2D eigenvalue weighted by Gasteiger charge is -2.33. The zero-order valence-electron chi connectivity index (χ0n) is 14.5. The monoisotopic (exact) mass is 323 g/mol. The minimum absolute atomic E-state index is 0.0363. The first-order valence-corrected chi connectivity index (χ1v) is 8.03. The Balaban J connectivity index is 0.00000232. The van der Waals surface area contributed by atoms with Gasteiger partial charge in [0.15, 0.2) is 0 Å². The van der Waals surface area contributed by atoms with Crippen LogP contribution in [0.4, 0.5) is 0 Å². The van der Waals surface area contributed by atoms with E-state index in [1.807, 2.05) is 19.9 Å². The third kappa shape index (κ3) is 7.79. The van der Waals surface area contributed by atoms with Gasteiger partial charge in [0.2, 0.25) is 5.91 Å². The fourth-order valence-electron chi connectivity index (χ4n) is 2.16. The molecular formula is C18H29NO4. The Kier molecular flexibility index (Phi) is 11.6. The molecular weight excluding hydrogens is 294 g/mol. The van der Waals surface area contributed by atoms with Gasteiger partial charge in [-0.1, -0.05) is 45.2 Å². The summed E-state index contributed by atoms with van der Waals surface area (Å²) in [6.07, 6.45) is 6.18. The van der Waals surface area contributed by atoms with Crippen molar-refractivity contribution in [2.24, 2.45) is 0 Å². The molecule has 1 unspecified atom stereocenters. The summed E-state index contributed by atoms with van der Waals surface area (Å²) in [5, 5.41) is 0. The standard InChI is InChI=1S/C16H23NO4.C2H6/c1-4-7-13(5-2)14-12-17(10-11-21-14)15(18)8-6-9-16(19)20-3;1-2/h4-5,7,14H,1-2,6,8-12H2,3H3;1-2H3/b13-7+;. The maximum absolute atomic E-state index is 12.1. The van der Waals surface area contributed by atoms with Crippen molar-refractivity contribution in [1.82, 2.24) is 4.90 Å². The third-order valence-electron chi connectivity index (χ3n) is 3.34. The van der Waals surface area contributed by atoms with E-state index in [1.54, 1.807) is 17.1 Å². The largest absolute Gasteiger partial charge is 0.469 e. The molecule has 0 radical (unpaired) electrons. The number of carbonyl (C=O) groups is 2. The smallest absolute Gasteiger partial charge is 0.305 e. The molecule has 5 heteroatoms. The van der Waals surface area contributed by atoms with Crippen molar-refractivity contribution >= 4 is 11.9 Å². The van der Waals surface area contributed by atoms with E-state index in [9.17, 15) is 9.59 Å². The lowest BCUT2D eigenvalue weighted by atomic mass is 10.1. The van der Waals surface area contributed by atoms with Gasteiger partial charge >= 0.3 is 5.97 Å². The molecule has 1 heterocycles.